The summed E-state index contributed by atoms with van der Waals surface area (Å²) in [7, 11) is 0. The summed E-state index contributed by atoms with van der Waals surface area (Å²) in [5.41, 5.74) is 9.20. The number of nitrogens with zero attached hydrogens (tertiary/aromatic N) is 1. The summed E-state index contributed by atoms with van der Waals surface area (Å²) in [6.07, 6.45) is 2.53. The fraction of sp³-hybridized carbons (Fsp3) is 0.353. The minimum atomic E-state index is 0.580. The van der Waals surface area contributed by atoms with Gasteiger partial charge in [-0.2, -0.15) is 0 Å². The lowest BCUT2D eigenvalue weighted by Crippen LogP contribution is -2.04. The molecule has 4 heteroatoms. The molecule has 1 saturated carbocycles. The van der Waals surface area contributed by atoms with E-state index in [-0.39, 0.29) is 0 Å². The average molecular weight is 300 g/mol. The van der Waals surface area contributed by atoms with Gasteiger partial charge in [-0.25, -0.2) is 4.98 Å². The van der Waals surface area contributed by atoms with E-state index in [1.807, 2.05) is 12.1 Å². The summed E-state index contributed by atoms with van der Waals surface area (Å²) in [4.78, 5) is 4.53. The van der Waals surface area contributed by atoms with Crippen LogP contribution in [0.25, 0.3) is 0 Å². The number of benzene rings is 1. The molecule has 3 nitrogen and oxygen atoms in total. The van der Waals surface area contributed by atoms with Crippen molar-refractivity contribution in [2.24, 2.45) is 5.92 Å². The lowest BCUT2D eigenvalue weighted by Gasteiger charge is -2.09. The molecule has 1 aliphatic rings. The van der Waals surface area contributed by atoms with Crippen LogP contribution < -0.4 is 10.5 Å². The first-order valence-corrected chi connectivity index (χ1v) is 8.27. The van der Waals surface area contributed by atoms with Gasteiger partial charge in [-0.05, 0) is 48.9 Å². The summed E-state index contributed by atoms with van der Waals surface area (Å²) in [6, 6.07) is 12.3. The van der Waals surface area contributed by atoms with E-state index < -0.39 is 0 Å². The highest BCUT2D eigenvalue weighted by Gasteiger charge is 2.22. The second kappa shape index (κ2) is 6.39. The van der Waals surface area contributed by atoms with Crippen LogP contribution in [0.1, 0.15) is 24.0 Å². The zero-order valence-corrected chi connectivity index (χ0v) is 13.0. The largest absolute Gasteiger partial charge is 0.476 e. The number of aromatic nitrogens is 1. The molecule has 1 aromatic carbocycles. The van der Waals surface area contributed by atoms with Crippen molar-refractivity contribution in [3.8, 4) is 5.88 Å². The monoisotopic (exact) mass is 300 g/mol. The molecule has 0 unspecified atom stereocenters. The highest BCUT2D eigenvalue weighted by molar-refractivity contribution is 7.98. The third-order valence-electron chi connectivity index (χ3n) is 3.65. The first-order chi connectivity index (χ1) is 10.2. The van der Waals surface area contributed by atoms with E-state index in [1.165, 1.54) is 24.0 Å². The molecule has 0 aliphatic heterocycles. The SMILES string of the molecule is Cc1ccccc1CSc1ccc(N)c(OCC2CC2)n1. The Hall–Kier alpha value is -1.68. The molecule has 0 amide bonds. The van der Waals surface area contributed by atoms with Crippen LogP contribution in [0, 0.1) is 12.8 Å². The molecule has 1 heterocycles. The van der Waals surface area contributed by atoms with Gasteiger partial charge < -0.3 is 10.5 Å². The van der Waals surface area contributed by atoms with Gasteiger partial charge in [-0.15, -0.1) is 11.8 Å². The Labute approximate surface area is 129 Å². The molecule has 0 saturated heterocycles. The number of anilines is 1. The third-order valence-corrected chi connectivity index (χ3v) is 4.63. The normalized spacial score (nSPS) is 14.1. The van der Waals surface area contributed by atoms with Crippen molar-refractivity contribution in [3.05, 3.63) is 47.5 Å². The van der Waals surface area contributed by atoms with Gasteiger partial charge >= 0.3 is 0 Å². The molecule has 110 valence electrons. The van der Waals surface area contributed by atoms with Crippen LogP contribution in [0.5, 0.6) is 5.88 Å². The van der Waals surface area contributed by atoms with Crippen molar-refractivity contribution >= 4 is 17.4 Å². The minimum absolute atomic E-state index is 0.580. The quantitative estimate of drug-likeness (QED) is 0.818. The number of nitrogens with two attached hydrogens (primary N) is 1. The second-order valence-electron chi connectivity index (χ2n) is 5.51. The number of nitrogen functional groups attached to an aromatic ring is 1. The standard InChI is InChI=1S/C17H20N2OS/c1-12-4-2-3-5-14(12)11-21-16-9-8-15(18)17(19-16)20-10-13-6-7-13/h2-5,8-9,13H,6-7,10-11,18H2,1H3. The van der Waals surface area contributed by atoms with Crippen molar-refractivity contribution in [3.63, 3.8) is 0 Å². The van der Waals surface area contributed by atoms with Gasteiger partial charge in [0.25, 0.3) is 0 Å². The van der Waals surface area contributed by atoms with E-state index in [0.717, 1.165) is 17.4 Å². The Balaban J connectivity index is 1.64. The highest BCUT2D eigenvalue weighted by Crippen LogP contribution is 2.31. The summed E-state index contributed by atoms with van der Waals surface area (Å²) in [5.74, 6) is 2.19. The number of pyridine rings is 1. The van der Waals surface area contributed by atoms with Crippen LogP contribution in [0.2, 0.25) is 0 Å². The molecule has 1 aliphatic carbocycles. The number of thioether (sulfide) groups is 1. The van der Waals surface area contributed by atoms with Crippen LogP contribution in [0.3, 0.4) is 0 Å². The number of ether oxygens (including phenoxy) is 1. The van der Waals surface area contributed by atoms with Gasteiger partial charge in [0, 0.05) is 5.75 Å². The molecule has 0 radical (unpaired) electrons. The topological polar surface area (TPSA) is 48.1 Å². The molecular formula is C17H20N2OS. The van der Waals surface area contributed by atoms with Crippen LogP contribution in [-0.2, 0) is 5.75 Å². The van der Waals surface area contributed by atoms with E-state index in [1.54, 1.807) is 11.8 Å². The molecule has 2 N–H and O–H groups in total. The maximum atomic E-state index is 5.93. The summed E-state index contributed by atoms with van der Waals surface area (Å²) in [6.45, 7) is 2.87. The number of rotatable bonds is 6. The molecule has 21 heavy (non-hydrogen) atoms. The number of aryl methyl sites for hydroxylation is 1. The Morgan fingerprint density at radius 2 is 2.05 bits per heavy atom. The molecule has 1 aromatic heterocycles. The smallest absolute Gasteiger partial charge is 0.238 e. The van der Waals surface area contributed by atoms with Gasteiger partial charge in [-0.1, -0.05) is 24.3 Å². The van der Waals surface area contributed by atoms with Crippen molar-refractivity contribution in [1.29, 1.82) is 0 Å². The maximum Gasteiger partial charge on any atom is 0.238 e. The molecule has 1 fully saturated rings. The van der Waals surface area contributed by atoms with E-state index in [4.69, 9.17) is 10.5 Å². The number of hydrogen-bond donors (Lipinski definition) is 1. The van der Waals surface area contributed by atoms with Crippen LogP contribution >= 0.6 is 11.8 Å². The molecule has 0 atom stereocenters. The van der Waals surface area contributed by atoms with Gasteiger partial charge in [0.15, 0.2) is 0 Å². The zero-order chi connectivity index (χ0) is 14.7. The van der Waals surface area contributed by atoms with E-state index >= 15 is 0 Å². The van der Waals surface area contributed by atoms with E-state index in [9.17, 15) is 0 Å². The van der Waals surface area contributed by atoms with Gasteiger partial charge in [0.1, 0.15) is 5.03 Å². The fourth-order valence-corrected chi connectivity index (χ4v) is 2.97. The molecule has 2 aromatic rings. The Bertz CT molecular complexity index is 626. The zero-order valence-electron chi connectivity index (χ0n) is 12.2. The van der Waals surface area contributed by atoms with E-state index in [0.29, 0.717) is 17.5 Å². The maximum absolute atomic E-state index is 5.93. The second-order valence-corrected chi connectivity index (χ2v) is 6.51. The molecule has 0 bridgehead atoms. The molecule has 0 spiro atoms. The summed E-state index contributed by atoms with van der Waals surface area (Å²) < 4.78 is 5.73. The lowest BCUT2D eigenvalue weighted by molar-refractivity contribution is 0.288. The predicted molar refractivity (Wildman–Crippen MR) is 87.6 cm³/mol. The average Bonchev–Trinajstić information content (AvgIpc) is 3.31. The van der Waals surface area contributed by atoms with Gasteiger partial charge in [-0.3, -0.25) is 0 Å². The summed E-state index contributed by atoms with van der Waals surface area (Å²) in [5, 5.41) is 0.957. The Kier molecular flexibility index (Phi) is 4.34. The van der Waals surface area contributed by atoms with Crippen molar-refractivity contribution in [2.75, 3.05) is 12.3 Å². The molecule has 3 rings (SSSR count). The van der Waals surface area contributed by atoms with Gasteiger partial charge in [0.2, 0.25) is 5.88 Å². The first-order valence-electron chi connectivity index (χ1n) is 7.29. The van der Waals surface area contributed by atoms with Crippen LogP contribution in [0.15, 0.2) is 41.4 Å². The minimum Gasteiger partial charge on any atom is -0.476 e. The lowest BCUT2D eigenvalue weighted by atomic mass is 10.1. The fourth-order valence-electron chi connectivity index (χ4n) is 2.04. The highest BCUT2D eigenvalue weighted by atomic mass is 32.2. The van der Waals surface area contributed by atoms with Crippen molar-refractivity contribution in [2.45, 2.75) is 30.5 Å². The van der Waals surface area contributed by atoms with Crippen molar-refractivity contribution in [1.82, 2.24) is 4.98 Å². The van der Waals surface area contributed by atoms with E-state index in [2.05, 4.69) is 36.2 Å². The number of hydrogen-bond acceptors (Lipinski definition) is 4. The predicted octanol–water partition coefficient (Wildman–Crippen LogP) is 4.05. The van der Waals surface area contributed by atoms with Crippen LogP contribution in [0.4, 0.5) is 5.69 Å². The Morgan fingerprint density at radius 1 is 1.24 bits per heavy atom. The molecular weight excluding hydrogens is 280 g/mol. The van der Waals surface area contributed by atoms with Crippen molar-refractivity contribution < 1.29 is 4.74 Å². The summed E-state index contributed by atoms with van der Waals surface area (Å²) >= 11 is 1.71. The van der Waals surface area contributed by atoms with Gasteiger partial charge in [0.05, 0.1) is 12.3 Å². The van der Waals surface area contributed by atoms with Crippen LogP contribution in [-0.4, -0.2) is 11.6 Å². The Morgan fingerprint density at radius 3 is 2.81 bits per heavy atom. The first kappa shape index (κ1) is 14.3. The third kappa shape index (κ3) is 3.91.